The van der Waals surface area contributed by atoms with Crippen molar-refractivity contribution in [1.29, 1.82) is 5.26 Å². The molecule has 0 fully saturated rings. The molecule has 1 unspecified atom stereocenters. The summed E-state index contributed by atoms with van der Waals surface area (Å²) in [5.41, 5.74) is 0.891. The number of carbonyl (C=O) groups is 1. The van der Waals surface area contributed by atoms with E-state index >= 15 is 0 Å². The molecule has 0 bridgehead atoms. The van der Waals surface area contributed by atoms with E-state index in [9.17, 15) is 18.8 Å². The fraction of sp³-hybridized carbons (Fsp3) is 0.200. The van der Waals surface area contributed by atoms with Gasteiger partial charge in [-0.3, -0.25) is 4.79 Å². The number of carbonyl (C=O) groups excluding carboxylic acids is 1. The lowest BCUT2D eigenvalue weighted by atomic mass is 9.93. The van der Waals surface area contributed by atoms with E-state index in [0.717, 1.165) is 17.7 Å². The molecule has 1 heterocycles. The maximum atomic E-state index is 13.2. The van der Waals surface area contributed by atoms with E-state index in [2.05, 4.69) is 0 Å². The zero-order valence-corrected chi connectivity index (χ0v) is 11.5. The van der Waals surface area contributed by atoms with E-state index in [1.807, 2.05) is 19.1 Å². The minimum Gasteiger partial charge on any atom is -0.291 e. The van der Waals surface area contributed by atoms with Gasteiger partial charge in [0.2, 0.25) is 0 Å². The van der Waals surface area contributed by atoms with Crippen molar-refractivity contribution >= 4 is 17.1 Å². The fourth-order valence-corrected chi connectivity index (χ4v) is 2.95. The Kier molecular flexibility index (Phi) is 4.26. The van der Waals surface area contributed by atoms with Crippen LogP contribution in [0.1, 0.15) is 33.6 Å². The first-order valence-corrected chi connectivity index (χ1v) is 6.91. The second-order valence-electron chi connectivity index (χ2n) is 4.26. The molecular weight excluding hydrogens is 280 g/mol. The molecule has 1 atom stereocenters. The van der Waals surface area contributed by atoms with Gasteiger partial charge in [-0.05, 0) is 41.1 Å². The molecule has 102 valence electrons. The van der Waals surface area contributed by atoms with Crippen LogP contribution in [-0.4, -0.2) is 5.78 Å². The van der Waals surface area contributed by atoms with Gasteiger partial charge in [-0.15, -0.1) is 11.3 Å². The van der Waals surface area contributed by atoms with Gasteiger partial charge in [-0.1, -0.05) is 6.92 Å². The maximum Gasteiger partial charge on any atom is 0.194 e. The molecule has 0 aliphatic heterocycles. The quantitative estimate of drug-likeness (QED) is 0.796. The van der Waals surface area contributed by atoms with Gasteiger partial charge in [0.05, 0.1) is 10.9 Å². The first-order valence-electron chi connectivity index (χ1n) is 6.03. The van der Waals surface area contributed by atoms with E-state index in [1.54, 1.807) is 5.38 Å². The standard InChI is InChI=1S/C15H11F2NOS/c1-2-9-3-4-20-15(9)14(19)13(8-18)10-5-11(16)7-12(17)6-10/h3-7,13H,2H2,1H3. The van der Waals surface area contributed by atoms with Crippen molar-refractivity contribution in [2.45, 2.75) is 19.3 Å². The van der Waals surface area contributed by atoms with Crippen molar-refractivity contribution in [3.8, 4) is 6.07 Å². The van der Waals surface area contributed by atoms with Crippen molar-refractivity contribution in [2.24, 2.45) is 0 Å². The molecule has 0 radical (unpaired) electrons. The monoisotopic (exact) mass is 291 g/mol. The van der Waals surface area contributed by atoms with Crippen LogP contribution in [-0.2, 0) is 6.42 Å². The van der Waals surface area contributed by atoms with Gasteiger partial charge < -0.3 is 0 Å². The third-order valence-electron chi connectivity index (χ3n) is 2.96. The smallest absolute Gasteiger partial charge is 0.194 e. The number of ketones is 1. The summed E-state index contributed by atoms with van der Waals surface area (Å²) in [5.74, 6) is -3.20. The summed E-state index contributed by atoms with van der Waals surface area (Å²) in [6.45, 7) is 1.90. The average molecular weight is 291 g/mol. The van der Waals surface area contributed by atoms with Gasteiger partial charge >= 0.3 is 0 Å². The van der Waals surface area contributed by atoms with Crippen molar-refractivity contribution in [3.63, 3.8) is 0 Å². The number of hydrogen-bond acceptors (Lipinski definition) is 3. The normalized spacial score (nSPS) is 11.9. The number of hydrogen-bond donors (Lipinski definition) is 0. The zero-order valence-electron chi connectivity index (χ0n) is 10.7. The van der Waals surface area contributed by atoms with Crippen LogP contribution in [0.2, 0.25) is 0 Å². The molecule has 2 aromatic rings. The van der Waals surface area contributed by atoms with Crippen LogP contribution >= 0.6 is 11.3 Å². The molecule has 0 saturated heterocycles. The van der Waals surface area contributed by atoms with Gasteiger partial charge in [-0.25, -0.2) is 8.78 Å². The Labute approximate surface area is 119 Å². The third-order valence-corrected chi connectivity index (χ3v) is 3.93. The van der Waals surface area contributed by atoms with Crippen molar-refractivity contribution < 1.29 is 13.6 Å². The average Bonchev–Trinajstić information content (AvgIpc) is 2.86. The lowest BCUT2D eigenvalue weighted by molar-refractivity contribution is 0.0982. The number of Topliss-reactive ketones (excluding diaryl/α,β-unsaturated/α-hetero) is 1. The Balaban J connectivity index is 2.43. The topological polar surface area (TPSA) is 40.9 Å². The Morgan fingerprint density at radius 2 is 2.00 bits per heavy atom. The van der Waals surface area contributed by atoms with Gasteiger partial charge in [0.25, 0.3) is 0 Å². The van der Waals surface area contributed by atoms with E-state index in [4.69, 9.17) is 0 Å². The number of nitrogens with zero attached hydrogens (tertiary/aromatic N) is 1. The highest BCUT2D eigenvalue weighted by atomic mass is 32.1. The van der Waals surface area contributed by atoms with Crippen LogP contribution < -0.4 is 0 Å². The lowest BCUT2D eigenvalue weighted by Crippen LogP contribution is -2.12. The van der Waals surface area contributed by atoms with Crippen molar-refractivity contribution in [2.75, 3.05) is 0 Å². The molecular formula is C15H11F2NOS. The Hall–Kier alpha value is -2.06. The van der Waals surface area contributed by atoms with Crippen LogP contribution in [0.3, 0.4) is 0 Å². The molecule has 0 aliphatic carbocycles. The Morgan fingerprint density at radius 1 is 1.35 bits per heavy atom. The minimum absolute atomic E-state index is 0.0467. The zero-order chi connectivity index (χ0) is 14.7. The number of halogens is 2. The van der Waals surface area contributed by atoms with Crippen LogP contribution in [0.15, 0.2) is 29.6 Å². The van der Waals surface area contributed by atoms with Gasteiger partial charge in [0.15, 0.2) is 5.78 Å². The largest absolute Gasteiger partial charge is 0.291 e. The van der Waals surface area contributed by atoms with E-state index in [0.29, 0.717) is 17.4 Å². The maximum absolute atomic E-state index is 13.2. The van der Waals surface area contributed by atoms with Gasteiger partial charge in [0, 0.05) is 6.07 Å². The number of benzene rings is 1. The highest BCUT2D eigenvalue weighted by molar-refractivity contribution is 7.12. The first kappa shape index (κ1) is 14.4. The molecule has 0 amide bonds. The molecule has 0 saturated carbocycles. The first-order chi connectivity index (χ1) is 9.56. The summed E-state index contributed by atoms with van der Waals surface area (Å²) >= 11 is 1.24. The third kappa shape index (κ3) is 2.75. The molecule has 2 nitrogen and oxygen atoms in total. The summed E-state index contributed by atoms with van der Waals surface area (Å²) in [5, 5.41) is 11.0. The Bertz CT molecular complexity index is 667. The summed E-state index contributed by atoms with van der Waals surface area (Å²) < 4.78 is 26.4. The molecule has 1 aromatic carbocycles. The molecule has 2 rings (SSSR count). The second-order valence-corrected chi connectivity index (χ2v) is 5.17. The highest BCUT2D eigenvalue weighted by Gasteiger charge is 2.25. The van der Waals surface area contributed by atoms with Crippen molar-refractivity contribution in [3.05, 3.63) is 57.3 Å². The number of aryl methyl sites for hydroxylation is 1. The number of nitriles is 1. The molecule has 1 aromatic heterocycles. The fourth-order valence-electron chi connectivity index (χ4n) is 1.99. The second kappa shape index (κ2) is 5.93. The predicted molar refractivity (Wildman–Crippen MR) is 72.7 cm³/mol. The Morgan fingerprint density at radius 3 is 2.55 bits per heavy atom. The van der Waals surface area contributed by atoms with Crippen LogP contribution in [0.5, 0.6) is 0 Å². The minimum atomic E-state index is -1.19. The molecule has 20 heavy (non-hydrogen) atoms. The lowest BCUT2D eigenvalue weighted by Gasteiger charge is -2.09. The van der Waals surface area contributed by atoms with Crippen LogP contribution in [0.4, 0.5) is 8.78 Å². The number of rotatable bonds is 4. The van der Waals surface area contributed by atoms with E-state index < -0.39 is 23.3 Å². The summed E-state index contributed by atoms with van der Waals surface area (Å²) in [6.07, 6.45) is 0.667. The van der Waals surface area contributed by atoms with Gasteiger partial charge in [0.1, 0.15) is 17.6 Å². The molecule has 0 spiro atoms. The SMILES string of the molecule is CCc1ccsc1C(=O)C(C#N)c1cc(F)cc(F)c1. The predicted octanol–water partition coefficient (Wildman–Crippen LogP) is 4.08. The number of thiophene rings is 1. The molecule has 0 N–H and O–H groups in total. The van der Waals surface area contributed by atoms with E-state index in [1.165, 1.54) is 11.3 Å². The van der Waals surface area contributed by atoms with Crippen LogP contribution in [0, 0.1) is 23.0 Å². The van der Waals surface area contributed by atoms with Crippen molar-refractivity contribution in [1.82, 2.24) is 0 Å². The van der Waals surface area contributed by atoms with Crippen LogP contribution in [0.25, 0.3) is 0 Å². The van der Waals surface area contributed by atoms with E-state index in [-0.39, 0.29) is 5.56 Å². The summed E-state index contributed by atoms with van der Waals surface area (Å²) in [6, 6.07) is 6.41. The van der Waals surface area contributed by atoms with Gasteiger partial charge in [-0.2, -0.15) is 5.26 Å². The highest BCUT2D eigenvalue weighted by Crippen LogP contribution is 2.27. The summed E-state index contributed by atoms with van der Waals surface area (Å²) in [4.78, 5) is 12.9. The molecule has 5 heteroatoms. The summed E-state index contributed by atoms with van der Waals surface area (Å²) in [7, 11) is 0. The molecule has 0 aliphatic rings.